The Hall–Kier alpha value is -3.49. The Morgan fingerprint density at radius 2 is 1.75 bits per heavy atom. The number of aromatic amines is 1. The van der Waals surface area contributed by atoms with Gasteiger partial charge < -0.3 is 10.1 Å². The fraction of sp³-hybridized carbons (Fsp3) is 0.0526. The number of nitro benzene ring substituents is 1. The number of halogens is 1. The summed E-state index contributed by atoms with van der Waals surface area (Å²) < 4.78 is 1.18. The number of H-pyrrole nitrogens is 1. The Morgan fingerprint density at radius 3 is 2.36 bits per heavy atom. The Bertz CT molecular complexity index is 1240. The van der Waals surface area contributed by atoms with Gasteiger partial charge in [-0.25, -0.2) is 0 Å². The highest BCUT2D eigenvalue weighted by atomic mass is 35.5. The number of hydrogen-bond donors (Lipinski definition) is 2. The molecule has 0 fully saturated rings. The Balaban J connectivity index is 1.94. The number of hydrogen-bond acceptors (Lipinski definition) is 5. The first-order chi connectivity index (χ1) is 13.5. The second-order valence-electron chi connectivity index (χ2n) is 6.07. The number of nitrogens with one attached hydrogen (secondary N) is 1. The third kappa shape index (κ3) is 3.04. The van der Waals surface area contributed by atoms with Crippen molar-refractivity contribution in [3.8, 4) is 22.4 Å². The van der Waals surface area contributed by atoms with Crippen LogP contribution in [0.3, 0.4) is 0 Å². The minimum atomic E-state index is -0.487. The summed E-state index contributed by atoms with van der Waals surface area (Å²) >= 11 is 5.95. The maximum Gasteiger partial charge on any atom is 0.274 e. The molecule has 0 spiro atoms. The highest BCUT2D eigenvalue weighted by molar-refractivity contribution is 6.30. The fourth-order valence-electron chi connectivity index (χ4n) is 3.04. The van der Waals surface area contributed by atoms with Crippen LogP contribution >= 0.6 is 11.6 Å². The van der Waals surface area contributed by atoms with Crippen molar-refractivity contribution in [2.45, 2.75) is 6.61 Å². The maximum atomic E-state index is 12.6. The summed E-state index contributed by atoms with van der Waals surface area (Å²) in [7, 11) is 0. The van der Waals surface area contributed by atoms with E-state index in [-0.39, 0.29) is 12.3 Å². The van der Waals surface area contributed by atoms with Crippen LogP contribution in [0.15, 0.2) is 59.4 Å². The van der Waals surface area contributed by atoms with E-state index in [1.165, 1.54) is 22.7 Å². The quantitative estimate of drug-likeness (QED) is 0.405. The van der Waals surface area contributed by atoms with Crippen molar-refractivity contribution in [2.24, 2.45) is 0 Å². The topological polar surface area (TPSA) is 114 Å². The van der Waals surface area contributed by atoms with E-state index in [1.807, 2.05) is 0 Å². The van der Waals surface area contributed by atoms with E-state index in [4.69, 9.17) is 11.6 Å². The second-order valence-corrected chi connectivity index (χ2v) is 6.51. The van der Waals surface area contributed by atoms with Crippen LogP contribution in [0.25, 0.3) is 28.0 Å². The third-order valence-electron chi connectivity index (χ3n) is 4.36. The standard InChI is InChI=1S/C19H13ClN4O4/c20-13-5-1-12(2-6-13)18-16(10-25)22-23-17(26)9-15(21-19(18)23)11-3-7-14(8-4-11)24(27)28/h1-9,21,25H,10H2. The van der Waals surface area contributed by atoms with E-state index in [2.05, 4.69) is 10.1 Å². The number of nitro groups is 1. The van der Waals surface area contributed by atoms with E-state index >= 15 is 0 Å². The van der Waals surface area contributed by atoms with Gasteiger partial charge in [0.25, 0.3) is 11.2 Å². The Morgan fingerprint density at radius 1 is 1.11 bits per heavy atom. The van der Waals surface area contributed by atoms with Gasteiger partial charge in [0.2, 0.25) is 0 Å². The minimum Gasteiger partial charge on any atom is -0.390 e. The van der Waals surface area contributed by atoms with Crippen molar-refractivity contribution in [1.82, 2.24) is 14.6 Å². The lowest BCUT2D eigenvalue weighted by Gasteiger charge is -2.05. The molecule has 0 aliphatic carbocycles. The van der Waals surface area contributed by atoms with Crippen LogP contribution in [0.1, 0.15) is 5.69 Å². The van der Waals surface area contributed by atoms with Gasteiger partial charge in [-0.1, -0.05) is 23.7 Å². The zero-order valence-corrected chi connectivity index (χ0v) is 15.1. The highest BCUT2D eigenvalue weighted by Gasteiger charge is 2.18. The first-order valence-electron chi connectivity index (χ1n) is 8.24. The van der Waals surface area contributed by atoms with Crippen LogP contribution < -0.4 is 5.56 Å². The van der Waals surface area contributed by atoms with Gasteiger partial charge in [-0.15, -0.1) is 0 Å². The first kappa shape index (κ1) is 17.9. The van der Waals surface area contributed by atoms with Gasteiger partial charge in [-0.05, 0) is 35.4 Å². The SMILES string of the molecule is O=c1cc(-c2ccc([N+](=O)[O-])cc2)[nH]c2c(-c3ccc(Cl)cc3)c(CO)nn12. The zero-order chi connectivity index (χ0) is 19.8. The molecule has 0 saturated carbocycles. The summed E-state index contributed by atoms with van der Waals surface area (Å²) in [6.45, 7) is -0.347. The average Bonchev–Trinajstić information content (AvgIpc) is 3.08. The number of aliphatic hydroxyl groups is 1. The number of aromatic nitrogens is 3. The van der Waals surface area contributed by atoms with Gasteiger partial charge in [0, 0.05) is 23.2 Å². The van der Waals surface area contributed by atoms with E-state index in [1.54, 1.807) is 36.4 Å². The molecule has 4 rings (SSSR count). The van der Waals surface area contributed by atoms with E-state index in [0.717, 1.165) is 5.56 Å². The molecule has 0 amide bonds. The molecule has 0 saturated heterocycles. The molecule has 4 aromatic rings. The molecular formula is C19H13ClN4O4. The monoisotopic (exact) mass is 396 g/mol. The van der Waals surface area contributed by atoms with Gasteiger partial charge >= 0.3 is 0 Å². The van der Waals surface area contributed by atoms with E-state index < -0.39 is 10.5 Å². The molecule has 28 heavy (non-hydrogen) atoms. The van der Waals surface area contributed by atoms with Crippen LogP contribution in [0.4, 0.5) is 5.69 Å². The molecule has 0 aliphatic rings. The molecule has 2 N–H and O–H groups in total. The normalized spacial score (nSPS) is 11.1. The van der Waals surface area contributed by atoms with E-state index in [0.29, 0.717) is 33.2 Å². The lowest BCUT2D eigenvalue weighted by Crippen LogP contribution is -2.14. The predicted molar refractivity (Wildman–Crippen MR) is 104 cm³/mol. The summed E-state index contributed by atoms with van der Waals surface area (Å²) in [5.74, 6) is 0. The molecule has 0 aliphatic heterocycles. The molecule has 0 bridgehead atoms. The molecule has 9 heteroatoms. The molecular weight excluding hydrogens is 384 g/mol. The van der Waals surface area contributed by atoms with Crippen molar-refractivity contribution in [2.75, 3.05) is 0 Å². The highest BCUT2D eigenvalue weighted by Crippen LogP contribution is 2.29. The summed E-state index contributed by atoms with van der Waals surface area (Å²) in [5.41, 5.74) is 2.73. The molecule has 0 unspecified atom stereocenters. The van der Waals surface area contributed by atoms with Crippen LogP contribution in [0.2, 0.25) is 5.02 Å². The predicted octanol–water partition coefficient (Wildman–Crippen LogP) is 3.41. The first-order valence-corrected chi connectivity index (χ1v) is 8.62. The molecule has 2 aromatic heterocycles. The van der Waals surface area contributed by atoms with E-state index in [9.17, 15) is 20.0 Å². The number of benzene rings is 2. The molecule has 0 atom stereocenters. The second kappa shape index (κ2) is 6.91. The number of non-ortho nitro benzene ring substituents is 1. The average molecular weight is 397 g/mol. The molecule has 2 aromatic carbocycles. The van der Waals surface area contributed by atoms with Crippen LogP contribution in [-0.4, -0.2) is 24.6 Å². The van der Waals surface area contributed by atoms with Gasteiger partial charge in [0.05, 0.1) is 28.5 Å². The van der Waals surface area contributed by atoms with Crippen molar-refractivity contribution in [3.63, 3.8) is 0 Å². The molecule has 0 radical (unpaired) electrons. The van der Waals surface area contributed by atoms with Crippen molar-refractivity contribution >= 4 is 22.9 Å². The summed E-state index contributed by atoms with van der Waals surface area (Å²) in [5, 5.41) is 25.3. The van der Waals surface area contributed by atoms with Crippen molar-refractivity contribution in [1.29, 1.82) is 0 Å². The van der Waals surface area contributed by atoms with Gasteiger partial charge in [-0.2, -0.15) is 9.61 Å². The Kier molecular flexibility index (Phi) is 4.42. The number of fused-ring (bicyclic) bond motifs is 1. The largest absolute Gasteiger partial charge is 0.390 e. The lowest BCUT2D eigenvalue weighted by molar-refractivity contribution is -0.384. The fourth-order valence-corrected chi connectivity index (χ4v) is 3.16. The third-order valence-corrected chi connectivity index (χ3v) is 4.61. The summed E-state index contributed by atoms with van der Waals surface area (Å²) in [6, 6.07) is 14.2. The van der Waals surface area contributed by atoms with Gasteiger partial charge in [-0.3, -0.25) is 14.9 Å². The molecule has 2 heterocycles. The summed E-state index contributed by atoms with van der Waals surface area (Å²) in [6.07, 6.45) is 0. The molecule has 140 valence electrons. The molecule has 8 nitrogen and oxygen atoms in total. The van der Waals surface area contributed by atoms with Crippen molar-refractivity contribution in [3.05, 3.63) is 85.8 Å². The lowest BCUT2D eigenvalue weighted by atomic mass is 10.1. The number of nitrogens with zero attached hydrogens (tertiary/aromatic N) is 3. The van der Waals surface area contributed by atoms with Crippen molar-refractivity contribution < 1.29 is 10.0 Å². The maximum absolute atomic E-state index is 12.6. The Labute approximate surface area is 162 Å². The van der Waals surface area contributed by atoms with Crippen LogP contribution in [0, 0.1) is 10.1 Å². The van der Waals surface area contributed by atoms with Crippen LogP contribution in [0.5, 0.6) is 0 Å². The number of aliphatic hydroxyl groups excluding tert-OH is 1. The smallest absolute Gasteiger partial charge is 0.274 e. The van der Waals surface area contributed by atoms with Crippen LogP contribution in [-0.2, 0) is 6.61 Å². The van der Waals surface area contributed by atoms with Gasteiger partial charge in [0.15, 0.2) is 0 Å². The number of rotatable bonds is 4. The van der Waals surface area contributed by atoms with Gasteiger partial charge in [0.1, 0.15) is 5.65 Å². The summed E-state index contributed by atoms with van der Waals surface area (Å²) in [4.78, 5) is 26.1. The zero-order valence-electron chi connectivity index (χ0n) is 14.3. The minimum absolute atomic E-state index is 0.0408.